The minimum atomic E-state index is 0.311. The number of aryl methyl sites for hydroxylation is 1. The first-order valence-corrected chi connectivity index (χ1v) is 5.68. The number of anilines is 2. The Hall–Kier alpha value is -1.32. The fourth-order valence-corrected chi connectivity index (χ4v) is 2.17. The van der Waals surface area contributed by atoms with Gasteiger partial charge in [0.1, 0.15) is 5.82 Å². The Morgan fingerprint density at radius 2 is 1.47 bits per heavy atom. The molecule has 4 nitrogen and oxygen atoms in total. The molecule has 0 aliphatic heterocycles. The van der Waals surface area contributed by atoms with Crippen LogP contribution in [0.15, 0.2) is 0 Å². The summed E-state index contributed by atoms with van der Waals surface area (Å²) in [5.74, 6) is 0.893. The minimum absolute atomic E-state index is 0.311. The van der Waals surface area contributed by atoms with E-state index in [4.69, 9.17) is 11.5 Å². The van der Waals surface area contributed by atoms with Gasteiger partial charge in [-0.1, -0.05) is 19.3 Å². The highest BCUT2D eigenvalue weighted by Gasteiger charge is 2.12. The van der Waals surface area contributed by atoms with Gasteiger partial charge >= 0.3 is 0 Å². The van der Waals surface area contributed by atoms with Gasteiger partial charge in [0.2, 0.25) is 5.95 Å². The van der Waals surface area contributed by atoms with Crippen molar-refractivity contribution >= 4 is 11.8 Å². The molecule has 0 spiro atoms. The summed E-state index contributed by atoms with van der Waals surface area (Å²) in [6.45, 7) is 0. The van der Waals surface area contributed by atoms with Gasteiger partial charge in [-0.2, -0.15) is 4.98 Å². The van der Waals surface area contributed by atoms with Crippen LogP contribution >= 0.6 is 0 Å². The van der Waals surface area contributed by atoms with E-state index in [0.717, 1.165) is 24.1 Å². The average molecular weight is 206 g/mol. The lowest BCUT2D eigenvalue weighted by molar-refractivity contribution is 0.628. The average Bonchev–Trinajstić information content (AvgIpc) is 2.29. The molecule has 0 aromatic carbocycles. The number of hydrogen-bond donors (Lipinski definition) is 2. The van der Waals surface area contributed by atoms with E-state index in [1.54, 1.807) is 0 Å². The summed E-state index contributed by atoms with van der Waals surface area (Å²) in [6, 6.07) is 0. The summed E-state index contributed by atoms with van der Waals surface area (Å²) in [5, 5.41) is 0. The molecule has 1 heterocycles. The Morgan fingerprint density at radius 3 is 2.27 bits per heavy atom. The van der Waals surface area contributed by atoms with E-state index in [9.17, 15) is 0 Å². The van der Waals surface area contributed by atoms with Crippen LogP contribution in [0.2, 0.25) is 0 Å². The summed E-state index contributed by atoms with van der Waals surface area (Å²) in [6.07, 6.45) is 8.24. The van der Waals surface area contributed by atoms with Crippen molar-refractivity contribution in [3.05, 3.63) is 11.3 Å². The molecule has 0 fully saturated rings. The zero-order chi connectivity index (χ0) is 10.7. The molecule has 4 heteroatoms. The molecule has 0 unspecified atom stereocenters. The van der Waals surface area contributed by atoms with Crippen molar-refractivity contribution in [3.63, 3.8) is 0 Å². The van der Waals surface area contributed by atoms with Gasteiger partial charge in [0.25, 0.3) is 0 Å². The molecular formula is C11H18N4. The number of nitrogens with two attached hydrogens (primary N) is 2. The van der Waals surface area contributed by atoms with Crippen molar-refractivity contribution in [1.29, 1.82) is 0 Å². The molecule has 0 atom stereocenters. The van der Waals surface area contributed by atoms with Crippen LogP contribution in [-0.2, 0) is 12.8 Å². The van der Waals surface area contributed by atoms with Gasteiger partial charge in [0, 0.05) is 5.56 Å². The predicted octanol–water partition coefficient (Wildman–Crippen LogP) is 1.69. The number of fused-ring (bicyclic) bond motifs is 1. The second-order valence-corrected chi connectivity index (χ2v) is 4.16. The maximum atomic E-state index is 5.88. The molecule has 0 saturated carbocycles. The molecule has 0 bridgehead atoms. The first-order valence-electron chi connectivity index (χ1n) is 5.68. The van der Waals surface area contributed by atoms with Crippen LogP contribution in [0, 0.1) is 0 Å². The van der Waals surface area contributed by atoms with Gasteiger partial charge in [0.15, 0.2) is 0 Å². The quantitative estimate of drug-likeness (QED) is 0.677. The molecule has 1 aliphatic carbocycles. The highest BCUT2D eigenvalue weighted by atomic mass is 15.0. The SMILES string of the molecule is Nc1nc(N)c2c(n1)CCCCCCC2. The Morgan fingerprint density at radius 1 is 0.800 bits per heavy atom. The zero-order valence-corrected chi connectivity index (χ0v) is 9.00. The first-order chi connectivity index (χ1) is 7.27. The van der Waals surface area contributed by atoms with Crippen molar-refractivity contribution in [2.45, 2.75) is 44.9 Å². The minimum Gasteiger partial charge on any atom is -0.383 e. The second kappa shape index (κ2) is 4.47. The van der Waals surface area contributed by atoms with E-state index < -0.39 is 0 Å². The van der Waals surface area contributed by atoms with E-state index in [2.05, 4.69) is 9.97 Å². The molecule has 1 aromatic rings. The van der Waals surface area contributed by atoms with E-state index in [1.807, 2.05) is 0 Å². The molecule has 0 saturated heterocycles. The molecular weight excluding hydrogens is 188 g/mol. The third-order valence-electron chi connectivity index (χ3n) is 2.98. The highest BCUT2D eigenvalue weighted by molar-refractivity contribution is 5.46. The molecule has 1 aliphatic rings. The van der Waals surface area contributed by atoms with Gasteiger partial charge in [0.05, 0.1) is 5.69 Å². The van der Waals surface area contributed by atoms with Gasteiger partial charge in [-0.05, 0) is 25.7 Å². The smallest absolute Gasteiger partial charge is 0.222 e. The molecule has 15 heavy (non-hydrogen) atoms. The van der Waals surface area contributed by atoms with Crippen LogP contribution in [0.25, 0.3) is 0 Å². The summed E-state index contributed by atoms with van der Waals surface area (Å²) in [5.41, 5.74) is 13.7. The monoisotopic (exact) mass is 206 g/mol. The number of aromatic nitrogens is 2. The Labute approximate surface area is 90.1 Å². The summed E-state index contributed by atoms with van der Waals surface area (Å²) >= 11 is 0. The van der Waals surface area contributed by atoms with Gasteiger partial charge in [-0.15, -0.1) is 0 Å². The summed E-state index contributed by atoms with van der Waals surface area (Å²) < 4.78 is 0. The number of hydrogen-bond acceptors (Lipinski definition) is 4. The zero-order valence-electron chi connectivity index (χ0n) is 9.00. The van der Waals surface area contributed by atoms with Crippen molar-refractivity contribution in [3.8, 4) is 0 Å². The van der Waals surface area contributed by atoms with Crippen molar-refractivity contribution in [2.24, 2.45) is 0 Å². The van der Waals surface area contributed by atoms with Crippen LogP contribution in [0.1, 0.15) is 43.4 Å². The van der Waals surface area contributed by atoms with Crippen LogP contribution < -0.4 is 11.5 Å². The molecule has 0 radical (unpaired) electrons. The standard InChI is InChI=1S/C11H18N4/c12-10-8-6-4-2-1-3-5-7-9(8)14-11(13)15-10/h1-7H2,(H4,12,13,14,15). The number of nitrogen functional groups attached to an aromatic ring is 2. The van der Waals surface area contributed by atoms with Gasteiger partial charge in [-0.25, -0.2) is 4.98 Å². The molecule has 2 rings (SSSR count). The van der Waals surface area contributed by atoms with Crippen LogP contribution in [0.3, 0.4) is 0 Å². The first kappa shape index (κ1) is 10.2. The van der Waals surface area contributed by atoms with Crippen LogP contribution in [0.5, 0.6) is 0 Å². The third-order valence-corrected chi connectivity index (χ3v) is 2.98. The van der Waals surface area contributed by atoms with Crippen molar-refractivity contribution < 1.29 is 0 Å². The molecule has 0 amide bonds. The molecule has 4 N–H and O–H groups in total. The Kier molecular flexibility index (Phi) is 3.04. The van der Waals surface area contributed by atoms with E-state index in [0.29, 0.717) is 11.8 Å². The highest BCUT2D eigenvalue weighted by Crippen LogP contribution is 2.22. The predicted molar refractivity (Wildman–Crippen MR) is 61.3 cm³/mol. The topological polar surface area (TPSA) is 77.8 Å². The summed E-state index contributed by atoms with van der Waals surface area (Å²) in [7, 11) is 0. The van der Waals surface area contributed by atoms with E-state index in [-0.39, 0.29) is 0 Å². The van der Waals surface area contributed by atoms with Crippen molar-refractivity contribution in [2.75, 3.05) is 11.5 Å². The van der Waals surface area contributed by atoms with Gasteiger partial charge < -0.3 is 11.5 Å². The Balaban J connectivity index is 2.33. The van der Waals surface area contributed by atoms with Gasteiger partial charge in [-0.3, -0.25) is 0 Å². The lowest BCUT2D eigenvalue weighted by atomic mass is 10.1. The van der Waals surface area contributed by atoms with Crippen LogP contribution in [-0.4, -0.2) is 9.97 Å². The number of rotatable bonds is 0. The largest absolute Gasteiger partial charge is 0.383 e. The lowest BCUT2D eigenvalue weighted by Gasteiger charge is -2.09. The van der Waals surface area contributed by atoms with Crippen molar-refractivity contribution in [1.82, 2.24) is 9.97 Å². The molecule has 82 valence electrons. The Bertz CT molecular complexity index is 349. The summed E-state index contributed by atoms with van der Waals surface area (Å²) in [4.78, 5) is 8.34. The maximum absolute atomic E-state index is 5.88. The van der Waals surface area contributed by atoms with E-state index in [1.165, 1.54) is 32.1 Å². The van der Waals surface area contributed by atoms with E-state index >= 15 is 0 Å². The van der Waals surface area contributed by atoms with Crippen LogP contribution in [0.4, 0.5) is 11.8 Å². The fraction of sp³-hybridized carbons (Fsp3) is 0.636. The molecule has 1 aromatic heterocycles. The third kappa shape index (κ3) is 2.37. The normalized spacial score (nSPS) is 17.3. The number of nitrogens with zero attached hydrogens (tertiary/aromatic N) is 2. The lowest BCUT2D eigenvalue weighted by Crippen LogP contribution is -2.09. The second-order valence-electron chi connectivity index (χ2n) is 4.16. The maximum Gasteiger partial charge on any atom is 0.222 e. The fourth-order valence-electron chi connectivity index (χ4n) is 2.17.